The van der Waals surface area contributed by atoms with Gasteiger partial charge >= 0.3 is 6.18 Å². The number of hydrogen-bond donors (Lipinski definition) is 1. The molecule has 6 heteroatoms. The summed E-state index contributed by atoms with van der Waals surface area (Å²) in [5, 5.41) is 3.23. The van der Waals surface area contributed by atoms with Gasteiger partial charge in [0.05, 0.1) is 0 Å². The van der Waals surface area contributed by atoms with Gasteiger partial charge in [-0.25, -0.2) is 0 Å². The minimum atomic E-state index is -4.10. The topological polar surface area (TPSA) is 15.3 Å². The Morgan fingerprint density at radius 2 is 1.75 bits per heavy atom. The number of nitrogens with one attached hydrogen (secondary N) is 1. The van der Waals surface area contributed by atoms with Gasteiger partial charge in [0.2, 0.25) is 0 Å². The summed E-state index contributed by atoms with van der Waals surface area (Å²) in [6.07, 6.45) is -4.72. The highest BCUT2D eigenvalue weighted by atomic mass is 79.9. The summed E-state index contributed by atoms with van der Waals surface area (Å²) in [5.74, 6) is 0. The molecular formula is C14H18BrF3N2. The van der Waals surface area contributed by atoms with Gasteiger partial charge in [-0.15, -0.1) is 0 Å². The van der Waals surface area contributed by atoms with E-state index >= 15 is 0 Å². The summed E-state index contributed by atoms with van der Waals surface area (Å²) in [4.78, 5) is 2.14. The van der Waals surface area contributed by atoms with Crippen molar-refractivity contribution in [2.45, 2.75) is 25.1 Å². The van der Waals surface area contributed by atoms with Crippen molar-refractivity contribution in [3.05, 3.63) is 34.3 Å². The summed E-state index contributed by atoms with van der Waals surface area (Å²) in [6, 6.07) is 7.43. The van der Waals surface area contributed by atoms with Crippen LogP contribution in [0.15, 0.2) is 28.7 Å². The second kappa shape index (κ2) is 6.91. The van der Waals surface area contributed by atoms with E-state index in [1.54, 1.807) is 0 Å². The lowest BCUT2D eigenvalue weighted by Gasteiger charge is -2.35. The first kappa shape index (κ1) is 15.8. The van der Waals surface area contributed by atoms with Crippen molar-refractivity contribution in [1.29, 1.82) is 0 Å². The van der Waals surface area contributed by atoms with Crippen LogP contribution in [-0.2, 0) is 0 Å². The number of alkyl halides is 3. The Labute approximate surface area is 125 Å². The smallest absolute Gasteiger partial charge is 0.314 e. The van der Waals surface area contributed by atoms with E-state index in [0.29, 0.717) is 0 Å². The minimum absolute atomic E-state index is 0.116. The maximum absolute atomic E-state index is 12.5. The lowest BCUT2D eigenvalue weighted by Crippen LogP contribution is -2.45. The molecule has 1 atom stereocenters. The van der Waals surface area contributed by atoms with Crippen LogP contribution in [-0.4, -0.2) is 37.3 Å². The molecule has 1 aliphatic heterocycles. The van der Waals surface area contributed by atoms with Gasteiger partial charge in [0.15, 0.2) is 0 Å². The molecule has 1 aliphatic rings. The highest BCUT2D eigenvalue weighted by Gasteiger charge is 2.31. The second-order valence-electron chi connectivity index (χ2n) is 5.01. The van der Waals surface area contributed by atoms with Crippen LogP contribution in [0, 0.1) is 0 Å². The van der Waals surface area contributed by atoms with Crippen LogP contribution in [0.25, 0.3) is 0 Å². The molecule has 112 valence electrons. The Hall–Kier alpha value is -0.590. The fourth-order valence-corrected chi connectivity index (χ4v) is 2.80. The van der Waals surface area contributed by atoms with Crippen LogP contribution < -0.4 is 5.32 Å². The summed E-state index contributed by atoms with van der Waals surface area (Å²) in [5.41, 5.74) is 0.958. The fraction of sp³-hybridized carbons (Fsp3) is 0.571. The third-order valence-corrected chi connectivity index (χ3v) is 4.08. The summed E-state index contributed by atoms with van der Waals surface area (Å²) < 4.78 is 38.5. The number of benzene rings is 1. The predicted octanol–water partition coefficient (Wildman–Crippen LogP) is 3.74. The van der Waals surface area contributed by atoms with Gasteiger partial charge in [-0.3, -0.25) is 4.90 Å². The van der Waals surface area contributed by atoms with E-state index in [1.165, 1.54) is 0 Å². The van der Waals surface area contributed by atoms with Crippen LogP contribution in [0.3, 0.4) is 0 Å². The van der Waals surface area contributed by atoms with Crippen molar-refractivity contribution in [3.8, 4) is 0 Å². The summed E-state index contributed by atoms with van der Waals surface area (Å²) in [6.45, 7) is 3.25. The van der Waals surface area contributed by atoms with E-state index in [4.69, 9.17) is 0 Å². The van der Waals surface area contributed by atoms with E-state index in [2.05, 4.69) is 26.1 Å². The van der Waals surface area contributed by atoms with Gasteiger partial charge in [-0.1, -0.05) is 28.1 Å². The van der Waals surface area contributed by atoms with Crippen molar-refractivity contribution in [1.82, 2.24) is 10.2 Å². The first-order chi connectivity index (χ1) is 9.46. The number of nitrogens with zero attached hydrogens (tertiary/aromatic N) is 1. The molecule has 1 saturated heterocycles. The first-order valence-electron chi connectivity index (χ1n) is 6.73. The Morgan fingerprint density at radius 1 is 1.15 bits per heavy atom. The van der Waals surface area contributed by atoms with Crippen LogP contribution in [0.4, 0.5) is 13.2 Å². The zero-order valence-corrected chi connectivity index (χ0v) is 12.7. The molecule has 0 bridgehead atoms. The van der Waals surface area contributed by atoms with Crippen LogP contribution in [0.5, 0.6) is 0 Å². The Balaban J connectivity index is 2.12. The zero-order chi connectivity index (χ0) is 14.6. The molecule has 2 nitrogen and oxygen atoms in total. The third kappa shape index (κ3) is 4.75. The summed E-state index contributed by atoms with van der Waals surface area (Å²) >= 11 is 3.36. The Morgan fingerprint density at radius 3 is 2.30 bits per heavy atom. The summed E-state index contributed by atoms with van der Waals surface area (Å²) in [7, 11) is 0. The normalized spacial score (nSPS) is 19.0. The monoisotopic (exact) mass is 350 g/mol. The lowest BCUT2D eigenvalue weighted by atomic mass is 9.99. The molecule has 0 spiro atoms. The quantitative estimate of drug-likeness (QED) is 0.889. The highest BCUT2D eigenvalue weighted by Crippen LogP contribution is 2.32. The Bertz CT molecular complexity index is 413. The highest BCUT2D eigenvalue weighted by molar-refractivity contribution is 9.10. The molecule has 0 radical (unpaired) electrons. The molecule has 0 unspecified atom stereocenters. The maximum Gasteiger partial charge on any atom is 0.389 e. The molecule has 0 aliphatic carbocycles. The van der Waals surface area contributed by atoms with Gasteiger partial charge in [0.1, 0.15) is 0 Å². The van der Waals surface area contributed by atoms with Crippen molar-refractivity contribution in [2.75, 3.05) is 26.2 Å². The maximum atomic E-state index is 12.5. The molecule has 1 aromatic rings. The molecule has 2 rings (SSSR count). The van der Waals surface area contributed by atoms with Gasteiger partial charge in [0.25, 0.3) is 0 Å². The van der Waals surface area contributed by atoms with E-state index in [0.717, 1.165) is 36.2 Å². The van der Waals surface area contributed by atoms with Crippen molar-refractivity contribution in [2.24, 2.45) is 0 Å². The fourth-order valence-electron chi connectivity index (χ4n) is 2.54. The number of hydrogen-bond acceptors (Lipinski definition) is 2. The lowest BCUT2D eigenvalue weighted by molar-refractivity contribution is -0.138. The number of halogens is 4. The molecule has 20 heavy (non-hydrogen) atoms. The van der Waals surface area contributed by atoms with Crippen molar-refractivity contribution >= 4 is 15.9 Å². The second-order valence-corrected chi connectivity index (χ2v) is 5.92. The standard InChI is InChI=1S/C14H18BrF3N2/c15-12-3-1-11(2-4-12)13(5-6-14(16,17)18)20-9-7-19-8-10-20/h1-4,13,19H,5-10H2/t13-/m1/s1. The number of piperazine rings is 1. The first-order valence-corrected chi connectivity index (χ1v) is 7.52. The predicted molar refractivity (Wildman–Crippen MR) is 76.6 cm³/mol. The largest absolute Gasteiger partial charge is 0.389 e. The molecular weight excluding hydrogens is 333 g/mol. The minimum Gasteiger partial charge on any atom is -0.314 e. The zero-order valence-electron chi connectivity index (χ0n) is 11.1. The molecule has 1 aromatic carbocycles. The Kier molecular flexibility index (Phi) is 5.46. The van der Waals surface area contributed by atoms with Crippen molar-refractivity contribution < 1.29 is 13.2 Å². The van der Waals surface area contributed by atoms with Crippen LogP contribution in [0.1, 0.15) is 24.4 Å². The van der Waals surface area contributed by atoms with Crippen LogP contribution in [0.2, 0.25) is 0 Å². The molecule has 0 amide bonds. The average Bonchev–Trinajstić information content (AvgIpc) is 2.41. The molecule has 0 saturated carbocycles. The number of rotatable bonds is 4. The molecule has 0 aromatic heterocycles. The van der Waals surface area contributed by atoms with E-state index in [-0.39, 0.29) is 12.5 Å². The average molecular weight is 351 g/mol. The van der Waals surface area contributed by atoms with Gasteiger partial charge in [-0.2, -0.15) is 13.2 Å². The van der Waals surface area contributed by atoms with Gasteiger partial charge in [-0.05, 0) is 24.1 Å². The molecule has 1 fully saturated rings. The van der Waals surface area contributed by atoms with E-state index < -0.39 is 12.6 Å². The van der Waals surface area contributed by atoms with Crippen molar-refractivity contribution in [3.63, 3.8) is 0 Å². The van der Waals surface area contributed by atoms with Gasteiger partial charge < -0.3 is 5.32 Å². The van der Waals surface area contributed by atoms with E-state index in [9.17, 15) is 13.2 Å². The van der Waals surface area contributed by atoms with E-state index in [1.807, 2.05) is 24.3 Å². The molecule has 1 N–H and O–H groups in total. The third-order valence-electron chi connectivity index (χ3n) is 3.55. The SMILES string of the molecule is FC(F)(F)CC[C@H](c1ccc(Br)cc1)N1CCNCC1. The van der Waals surface area contributed by atoms with Crippen LogP contribution >= 0.6 is 15.9 Å². The molecule has 1 heterocycles. The van der Waals surface area contributed by atoms with Gasteiger partial charge in [0, 0.05) is 43.1 Å².